The molecular weight excluding hydrogens is 580 g/mol. The number of β-lactam (4-membered cyclic amide) rings is 1. The zero-order valence-electron chi connectivity index (χ0n) is 22.4. The summed E-state index contributed by atoms with van der Waals surface area (Å²) in [7, 11) is 2.91. The van der Waals surface area contributed by atoms with Crippen molar-refractivity contribution in [3.05, 3.63) is 65.6 Å². The summed E-state index contributed by atoms with van der Waals surface area (Å²) in [5.41, 5.74) is 7.22. The number of oxime groups is 1. The zero-order valence-corrected chi connectivity index (χ0v) is 24.1. The Morgan fingerprint density at radius 3 is 2.69 bits per heavy atom. The van der Waals surface area contributed by atoms with Gasteiger partial charge in [0.2, 0.25) is 5.70 Å². The number of nitrogen functional groups attached to an aromatic ring is 1. The lowest BCUT2D eigenvalue weighted by atomic mass is 9.85. The number of carbonyl (C=O) groups is 3. The molecule has 4 N–H and O–H groups in total. The maximum atomic E-state index is 13.3. The van der Waals surface area contributed by atoms with Crippen LogP contribution < -0.4 is 20.4 Å². The van der Waals surface area contributed by atoms with E-state index in [4.69, 9.17) is 15.3 Å². The van der Waals surface area contributed by atoms with E-state index in [1.165, 1.54) is 12.0 Å². The summed E-state index contributed by atoms with van der Waals surface area (Å²) < 4.78 is 7.99. The van der Waals surface area contributed by atoms with Crippen molar-refractivity contribution in [3.8, 4) is 16.2 Å². The summed E-state index contributed by atoms with van der Waals surface area (Å²) in [6, 6.07) is 10.4. The molecule has 1 fully saturated rings. The summed E-state index contributed by atoms with van der Waals surface area (Å²) in [6.07, 6.45) is 4.54. The standard InChI is InChI=1S/C28H24N6O6S2/c1-39-16-5-3-14(4-6-16)20-11-15-9-10-33(12-21(15)42-20)19-8-7-18-23(26(36)34(18)24(19)27(37)38)31-25(35)22(32-40-2)17-13-41-28(29)30-17/h3-6,9-13,18,23H,7-8H2,1-2H3,(H3-,29,30,31,35,37,38)/p+1/t18?,23-/m0/s1. The van der Waals surface area contributed by atoms with Crippen LogP contribution in [0.4, 0.5) is 5.13 Å². The molecule has 2 amide bonds. The number of thiazole rings is 1. The first-order valence-corrected chi connectivity index (χ1v) is 14.5. The maximum Gasteiger partial charge on any atom is 0.359 e. The van der Waals surface area contributed by atoms with Crippen molar-refractivity contribution in [2.24, 2.45) is 5.16 Å². The van der Waals surface area contributed by atoms with Gasteiger partial charge in [0.25, 0.3) is 11.8 Å². The van der Waals surface area contributed by atoms with E-state index in [2.05, 4.69) is 21.5 Å². The summed E-state index contributed by atoms with van der Waals surface area (Å²) in [5.74, 6) is -1.63. The van der Waals surface area contributed by atoms with Crippen molar-refractivity contribution >= 4 is 67.1 Å². The Morgan fingerprint density at radius 2 is 2.02 bits per heavy atom. The molecule has 5 heterocycles. The molecule has 1 aromatic carbocycles. The Morgan fingerprint density at radius 1 is 1.24 bits per heavy atom. The van der Waals surface area contributed by atoms with E-state index in [9.17, 15) is 19.5 Å². The summed E-state index contributed by atoms with van der Waals surface area (Å²) in [5, 5.41) is 19.4. The minimum atomic E-state index is -1.22. The van der Waals surface area contributed by atoms with E-state index in [0.717, 1.165) is 37.6 Å². The summed E-state index contributed by atoms with van der Waals surface area (Å²) in [6.45, 7) is 0. The molecular formula is C28H25N6O6S2+. The van der Waals surface area contributed by atoms with Gasteiger partial charge in [-0.1, -0.05) is 5.16 Å². The van der Waals surface area contributed by atoms with Crippen LogP contribution in [0.25, 0.3) is 26.2 Å². The molecule has 0 spiro atoms. The van der Waals surface area contributed by atoms with Gasteiger partial charge in [0, 0.05) is 28.1 Å². The maximum absolute atomic E-state index is 13.3. The molecule has 3 aromatic heterocycles. The number of anilines is 1. The number of ether oxygens (including phenoxy) is 1. The number of fused-ring (bicyclic) bond motifs is 2. The number of nitrogens with one attached hydrogen (secondary N) is 1. The minimum absolute atomic E-state index is 0.101. The normalized spacial score (nSPS) is 18.5. The van der Waals surface area contributed by atoms with E-state index < -0.39 is 29.9 Å². The molecule has 0 saturated carbocycles. The number of pyridine rings is 1. The van der Waals surface area contributed by atoms with Gasteiger partial charge in [0.1, 0.15) is 24.6 Å². The molecule has 2 aliphatic rings. The Hall–Kier alpha value is -4.82. The second-order valence-corrected chi connectivity index (χ2v) is 11.5. The monoisotopic (exact) mass is 605 g/mol. The smallest absolute Gasteiger partial charge is 0.359 e. The first-order chi connectivity index (χ1) is 20.3. The summed E-state index contributed by atoms with van der Waals surface area (Å²) >= 11 is 2.72. The highest BCUT2D eigenvalue weighted by Gasteiger charge is 2.55. The number of nitrogens with zero attached hydrogens (tertiary/aromatic N) is 4. The van der Waals surface area contributed by atoms with Crippen LogP contribution in [0.1, 0.15) is 18.5 Å². The second kappa shape index (κ2) is 10.9. The van der Waals surface area contributed by atoms with Crippen molar-refractivity contribution in [2.75, 3.05) is 20.0 Å². The molecule has 42 heavy (non-hydrogen) atoms. The van der Waals surface area contributed by atoms with Crippen molar-refractivity contribution in [3.63, 3.8) is 0 Å². The van der Waals surface area contributed by atoms with Crippen LogP contribution in [0, 0.1) is 0 Å². The number of allylic oxidation sites excluding steroid dienone is 1. The first kappa shape index (κ1) is 27.4. The predicted molar refractivity (Wildman–Crippen MR) is 157 cm³/mol. The number of benzene rings is 1. The van der Waals surface area contributed by atoms with Gasteiger partial charge in [-0.25, -0.2) is 9.78 Å². The van der Waals surface area contributed by atoms with Gasteiger partial charge in [0.05, 0.1) is 17.9 Å². The number of methoxy groups -OCH3 is 1. The lowest BCUT2D eigenvalue weighted by molar-refractivity contribution is -0.583. The van der Waals surface area contributed by atoms with Crippen molar-refractivity contribution in [1.82, 2.24) is 15.2 Å². The van der Waals surface area contributed by atoms with E-state index in [-0.39, 0.29) is 22.2 Å². The number of hydrogen-bond donors (Lipinski definition) is 3. The van der Waals surface area contributed by atoms with Gasteiger partial charge < -0.3 is 25.7 Å². The number of carboxylic acid groups (broad SMARTS) is 1. The largest absolute Gasteiger partial charge is 0.497 e. The molecule has 12 nitrogen and oxygen atoms in total. The third kappa shape index (κ3) is 4.73. The highest BCUT2D eigenvalue weighted by atomic mass is 32.1. The van der Waals surface area contributed by atoms with Gasteiger partial charge >= 0.3 is 5.97 Å². The summed E-state index contributed by atoms with van der Waals surface area (Å²) in [4.78, 5) is 49.9. The number of hydrogen-bond acceptors (Lipinski definition) is 10. The SMILES string of the molecule is CON=C(C(=O)N[C@@H]1C(=O)N2C(C(=O)O)=C([n+]3ccc4cc(-c5ccc(OC)cc5)sc4c3)CCC12)c1csc(N)n1. The molecule has 14 heteroatoms. The number of nitrogens with two attached hydrogens (primary N) is 1. The lowest BCUT2D eigenvalue weighted by Crippen LogP contribution is -2.72. The van der Waals surface area contributed by atoms with Crippen LogP contribution in [-0.4, -0.2) is 64.8 Å². The van der Waals surface area contributed by atoms with Crippen LogP contribution in [-0.2, 0) is 19.2 Å². The quantitative estimate of drug-likeness (QED) is 0.120. The average Bonchev–Trinajstić information content (AvgIpc) is 3.63. The molecule has 0 aliphatic carbocycles. The van der Waals surface area contributed by atoms with Crippen molar-refractivity contribution in [1.29, 1.82) is 0 Å². The molecule has 2 aliphatic heterocycles. The molecule has 4 aromatic rings. The van der Waals surface area contributed by atoms with Crippen LogP contribution in [0.2, 0.25) is 0 Å². The fourth-order valence-electron chi connectivity index (χ4n) is 5.24. The average molecular weight is 606 g/mol. The molecule has 1 saturated heterocycles. The highest BCUT2D eigenvalue weighted by Crippen LogP contribution is 2.38. The molecule has 0 bridgehead atoms. The Kier molecular flexibility index (Phi) is 7.08. The third-order valence-corrected chi connectivity index (χ3v) is 9.02. The fraction of sp³-hybridized carbons (Fsp3) is 0.214. The number of carbonyl (C=O) groups excluding carboxylic acids is 2. The van der Waals surface area contributed by atoms with E-state index in [1.54, 1.807) is 28.4 Å². The number of thiophene rings is 1. The van der Waals surface area contributed by atoms with E-state index in [0.29, 0.717) is 18.5 Å². The van der Waals surface area contributed by atoms with Gasteiger partial charge in [-0.15, -0.1) is 22.7 Å². The lowest BCUT2D eigenvalue weighted by Gasteiger charge is -2.48. The second-order valence-electron chi connectivity index (χ2n) is 9.57. The van der Waals surface area contributed by atoms with Crippen molar-refractivity contribution < 1.29 is 33.6 Å². The minimum Gasteiger partial charge on any atom is -0.497 e. The topological polar surface area (TPSA) is 160 Å². The molecule has 1 unspecified atom stereocenters. The van der Waals surface area contributed by atoms with Gasteiger partial charge in [-0.3, -0.25) is 14.5 Å². The van der Waals surface area contributed by atoms with Gasteiger partial charge in [-0.05, 0) is 42.3 Å². The number of aromatic nitrogens is 2. The zero-order chi connectivity index (χ0) is 29.5. The molecule has 214 valence electrons. The van der Waals surface area contributed by atoms with Gasteiger partial charge in [-0.2, -0.15) is 4.57 Å². The fourth-order valence-corrected chi connectivity index (χ4v) is 6.88. The van der Waals surface area contributed by atoms with Crippen LogP contribution in [0.5, 0.6) is 5.75 Å². The van der Waals surface area contributed by atoms with Gasteiger partial charge in [0.15, 0.2) is 28.9 Å². The predicted octanol–water partition coefficient (Wildman–Crippen LogP) is 2.70. The molecule has 6 rings (SSSR count). The Balaban J connectivity index is 1.26. The van der Waals surface area contributed by atoms with E-state index in [1.807, 2.05) is 42.7 Å². The molecule has 2 atom stereocenters. The number of rotatable bonds is 8. The molecule has 0 radical (unpaired) electrons. The Labute approximate surface area is 247 Å². The van der Waals surface area contributed by atoms with Crippen LogP contribution in [0.15, 0.2) is 65.0 Å². The highest BCUT2D eigenvalue weighted by molar-refractivity contribution is 7.22. The van der Waals surface area contributed by atoms with E-state index >= 15 is 0 Å². The number of aliphatic carboxylic acids is 1. The van der Waals surface area contributed by atoms with Crippen molar-refractivity contribution in [2.45, 2.75) is 24.9 Å². The Bertz CT molecular complexity index is 1790. The van der Waals surface area contributed by atoms with Crippen LogP contribution in [0.3, 0.4) is 0 Å². The number of carboxylic acids is 1. The first-order valence-electron chi connectivity index (χ1n) is 12.8. The third-order valence-electron chi connectivity index (χ3n) is 7.21. The number of amides is 2. The van der Waals surface area contributed by atoms with Crippen LogP contribution >= 0.6 is 22.7 Å².